The summed E-state index contributed by atoms with van der Waals surface area (Å²) in [6, 6.07) is 6.96. The number of nitrogens with zero attached hydrogens (tertiary/aromatic N) is 1. The summed E-state index contributed by atoms with van der Waals surface area (Å²) in [6.45, 7) is 4.79. The van der Waals surface area contributed by atoms with Gasteiger partial charge in [0.05, 0.1) is 6.42 Å². The third kappa shape index (κ3) is 2.88. The number of piperazine rings is 1. The molecule has 3 heteroatoms. The molecule has 1 aliphatic carbocycles. The highest BCUT2D eigenvalue weighted by Gasteiger charge is 2.23. The summed E-state index contributed by atoms with van der Waals surface area (Å²) in [5.74, 6) is 0.273. The zero-order valence-corrected chi connectivity index (χ0v) is 12.3. The zero-order valence-electron chi connectivity index (χ0n) is 12.3. The van der Waals surface area contributed by atoms with Gasteiger partial charge in [0.25, 0.3) is 0 Å². The molecule has 20 heavy (non-hydrogen) atoms. The predicted octanol–water partition coefficient (Wildman–Crippen LogP) is 1.93. The molecule has 1 fully saturated rings. The summed E-state index contributed by atoms with van der Waals surface area (Å²) in [6.07, 6.45) is 5.54. The number of benzene rings is 1. The van der Waals surface area contributed by atoms with Crippen molar-refractivity contribution in [2.75, 3.05) is 19.6 Å². The van der Waals surface area contributed by atoms with E-state index in [-0.39, 0.29) is 5.91 Å². The number of hydrogen-bond donors (Lipinski definition) is 1. The number of aryl methyl sites for hydroxylation is 2. The Morgan fingerprint density at radius 3 is 2.90 bits per heavy atom. The predicted molar refractivity (Wildman–Crippen MR) is 80.8 cm³/mol. The van der Waals surface area contributed by atoms with Crippen molar-refractivity contribution < 1.29 is 4.79 Å². The summed E-state index contributed by atoms with van der Waals surface area (Å²) in [5.41, 5.74) is 4.14. The average molecular weight is 272 g/mol. The molecule has 1 aromatic rings. The molecule has 2 aliphatic rings. The van der Waals surface area contributed by atoms with E-state index in [9.17, 15) is 4.79 Å². The van der Waals surface area contributed by atoms with E-state index in [0.29, 0.717) is 12.5 Å². The Morgan fingerprint density at radius 2 is 2.10 bits per heavy atom. The van der Waals surface area contributed by atoms with E-state index >= 15 is 0 Å². The Kier molecular flexibility index (Phi) is 4.06. The Labute approximate surface area is 121 Å². The molecule has 0 unspecified atom stereocenters. The third-order valence-corrected chi connectivity index (χ3v) is 4.59. The van der Waals surface area contributed by atoms with Gasteiger partial charge in [-0.1, -0.05) is 18.2 Å². The summed E-state index contributed by atoms with van der Waals surface area (Å²) >= 11 is 0. The number of rotatable bonds is 2. The Morgan fingerprint density at radius 1 is 1.30 bits per heavy atom. The van der Waals surface area contributed by atoms with Crippen molar-refractivity contribution in [1.29, 1.82) is 0 Å². The molecule has 0 radical (unpaired) electrons. The van der Waals surface area contributed by atoms with Crippen molar-refractivity contribution in [3.8, 4) is 0 Å². The highest BCUT2D eigenvalue weighted by atomic mass is 16.2. The fraction of sp³-hybridized carbons (Fsp3) is 0.588. The Balaban J connectivity index is 1.69. The first kappa shape index (κ1) is 13.6. The van der Waals surface area contributed by atoms with Crippen molar-refractivity contribution in [3.63, 3.8) is 0 Å². The van der Waals surface area contributed by atoms with Crippen LogP contribution in [0, 0.1) is 0 Å². The van der Waals surface area contributed by atoms with Crippen LogP contribution < -0.4 is 5.32 Å². The monoisotopic (exact) mass is 272 g/mol. The quantitative estimate of drug-likeness (QED) is 0.892. The molecule has 108 valence electrons. The first-order valence-electron chi connectivity index (χ1n) is 7.85. The fourth-order valence-electron chi connectivity index (χ4n) is 3.38. The smallest absolute Gasteiger partial charge is 0.227 e. The molecule has 1 aliphatic heterocycles. The molecule has 1 amide bonds. The molecule has 0 aromatic heterocycles. The van der Waals surface area contributed by atoms with E-state index in [1.54, 1.807) is 0 Å². The third-order valence-electron chi connectivity index (χ3n) is 4.59. The molecule has 0 spiro atoms. The highest BCUT2D eigenvalue weighted by molar-refractivity contribution is 5.79. The molecular formula is C17H24N2O. The van der Waals surface area contributed by atoms with Crippen molar-refractivity contribution in [3.05, 3.63) is 34.9 Å². The minimum Gasteiger partial charge on any atom is -0.337 e. The van der Waals surface area contributed by atoms with Crippen molar-refractivity contribution >= 4 is 5.91 Å². The molecule has 0 saturated carbocycles. The molecule has 1 atom stereocenters. The van der Waals surface area contributed by atoms with Crippen LogP contribution in [-0.4, -0.2) is 36.5 Å². The van der Waals surface area contributed by atoms with Gasteiger partial charge in [-0.3, -0.25) is 4.79 Å². The van der Waals surface area contributed by atoms with Crippen LogP contribution in [0.1, 0.15) is 36.5 Å². The second-order valence-electron chi connectivity index (χ2n) is 6.13. The minimum atomic E-state index is 0.273. The number of nitrogens with one attached hydrogen (secondary N) is 1. The number of amides is 1. The lowest BCUT2D eigenvalue weighted by molar-refractivity contribution is -0.133. The lowest BCUT2D eigenvalue weighted by Crippen LogP contribution is -2.52. The number of carbonyl (C=O) groups excluding carboxylic acids is 1. The van der Waals surface area contributed by atoms with Crippen LogP contribution in [0.5, 0.6) is 0 Å². The van der Waals surface area contributed by atoms with Crippen LogP contribution in [0.25, 0.3) is 0 Å². The molecule has 3 rings (SSSR count). The van der Waals surface area contributed by atoms with Gasteiger partial charge < -0.3 is 10.2 Å². The van der Waals surface area contributed by atoms with Gasteiger partial charge >= 0.3 is 0 Å². The second-order valence-corrected chi connectivity index (χ2v) is 6.13. The van der Waals surface area contributed by atoms with Crippen molar-refractivity contribution in [2.45, 2.75) is 45.1 Å². The molecule has 1 aromatic carbocycles. The van der Waals surface area contributed by atoms with Crippen molar-refractivity contribution in [2.24, 2.45) is 0 Å². The molecule has 1 heterocycles. The molecular weight excluding hydrogens is 248 g/mol. The summed E-state index contributed by atoms with van der Waals surface area (Å²) in [4.78, 5) is 14.5. The number of fused-ring (bicyclic) bond motifs is 1. The maximum Gasteiger partial charge on any atom is 0.227 e. The van der Waals surface area contributed by atoms with Gasteiger partial charge in [-0.15, -0.1) is 0 Å². The minimum absolute atomic E-state index is 0.273. The standard InChI is InChI=1S/C17H24N2O/c1-13-12-18-8-9-19(13)17(20)11-14-6-7-15-4-2-3-5-16(15)10-14/h6-7,10,13,18H,2-5,8-9,11-12H2,1H3/t13-/m1/s1. The molecule has 1 N–H and O–H groups in total. The number of carbonyl (C=O) groups is 1. The van der Waals surface area contributed by atoms with E-state index in [1.165, 1.54) is 42.4 Å². The fourth-order valence-corrected chi connectivity index (χ4v) is 3.38. The Bertz CT molecular complexity index is 498. The van der Waals surface area contributed by atoms with Gasteiger partial charge in [0.15, 0.2) is 0 Å². The van der Waals surface area contributed by atoms with Crippen LogP contribution in [0.4, 0.5) is 0 Å². The summed E-state index contributed by atoms with van der Waals surface area (Å²) in [7, 11) is 0. The van der Waals surface area contributed by atoms with E-state index in [0.717, 1.165) is 19.6 Å². The summed E-state index contributed by atoms with van der Waals surface area (Å²) < 4.78 is 0. The largest absolute Gasteiger partial charge is 0.337 e. The topological polar surface area (TPSA) is 32.3 Å². The van der Waals surface area contributed by atoms with Gasteiger partial charge in [-0.05, 0) is 49.3 Å². The van der Waals surface area contributed by atoms with Crippen LogP contribution in [0.3, 0.4) is 0 Å². The maximum absolute atomic E-state index is 12.4. The van der Waals surface area contributed by atoms with Gasteiger partial charge in [0.2, 0.25) is 5.91 Å². The first-order valence-corrected chi connectivity index (χ1v) is 7.85. The lowest BCUT2D eigenvalue weighted by atomic mass is 9.90. The van der Waals surface area contributed by atoms with E-state index in [4.69, 9.17) is 0 Å². The zero-order chi connectivity index (χ0) is 13.9. The van der Waals surface area contributed by atoms with Gasteiger partial charge in [-0.25, -0.2) is 0 Å². The lowest BCUT2D eigenvalue weighted by Gasteiger charge is -2.34. The van der Waals surface area contributed by atoms with Crippen LogP contribution >= 0.6 is 0 Å². The average Bonchev–Trinajstić information content (AvgIpc) is 2.47. The molecule has 3 nitrogen and oxygen atoms in total. The summed E-state index contributed by atoms with van der Waals surface area (Å²) in [5, 5.41) is 3.33. The number of hydrogen-bond acceptors (Lipinski definition) is 2. The highest BCUT2D eigenvalue weighted by Crippen LogP contribution is 2.22. The van der Waals surface area contributed by atoms with E-state index < -0.39 is 0 Å². The first-order chi connectivity index (χ1) is 9.74. The molecule has 0 bridgehead atoms. The van der Waals surface area contributed by atoms with Crippen LogP contribution in [-0.2, 0) is 24.1 Å². The van der Waals surface area contributed by atoms with Gasteiger partial charge in [0, 0.05) is 25.7 Å². The normalized spacial score (nSPS) is 22.4. The van der Waals surface area contributed by atoms with E-state index in [2.05, 4.69) is 30.4 Å². The van der Waals surface area contributed by atoms with Gasteiger partial charge in [0.1, 0.15) is 0 Å². The SMILES string of the molecule is C[C@@H]1CNCCN1C(=O)Cc1ccc2c(c1)CCCC2. The Hall–Kier alpha value is -1.35. The maximum atomic E-state index is 12.4. The van der Waals surface area contributed by atoms with Crippen LogP contribution in [0.15, 0.2) is 18.2 Å². The second kappa shape index (κ2) is 5.96. The van der Waals surface area contributed by atoms with Gasteiger partial charge in [-0.2, -0.15) is 0 Å². The van der Waals surface area contributed by atoms with E-state index in [1.807, 2.05) is 4.90 Å². The molecule has 1 saturated heterocycles. The van der Waals surface area contributed by atoms with Crippen LogP contribution in [0.2, 0.25) is 0 Å². The van der Waals surface area contributed by atoms with Crippen molar-refractivity contribution in [1.82, 2.24) is 10.2 Å².